The van der Waals surface area contributed by atoms with Gasteiger partial charge in [0.05, 0.1) is 22.5 Å². The molecule has 0 aliphatic carbocycles. The fourth-order valence-electron chi connectivity index (χ4n) is 2.24. The average Bonchev–Trinajstić information content (AvgIpc) is 2.49. The summed E-state index contributed by atoms with van der Waals surface area (Å²) in [6.07, 6.45) is 1.77. The van der Waals surface area contributed by atoms with Gasteiger partial charge in [-0.25, -0.2) is 0 Å². The quantitative estimate of drug-likeness (QED) is 0.721. The Morgan fingerprint density at radius 3 is 2.81 bits per heavy atom. The molecule has 0 radical (unpaired) electrons. The van der Waals surface area contributed by atoms with Gasteiger partial charge >= 0.3 is 0 Å². The SMILES string of the molecule is Cc1ccc(Nc2cccc3cc(Br)cnc23)c(C#N)c1. The second kappa shape index (κ2) is 5.55. The summed E-state index contributed by atoms with van der Waals surface area (Å²) in [5.74, 6) is 0. The Morgan fingerprint density at radius 1 is 1.14 bits per heavy atom. The van der Waals surface area contributed by atoms with Crippen molar-refractivity contribution in [1.82, 2.24) is 4.98 Å². The molecule has 0 bridgehead atoms. The van der Waals surface area contributed by atoms with Gasteiger partial charge < -0.3 is 5.32 Å². The highest BCUT2D eigenvalue weighted by Gasteiger charge is 2.06. The van der Waals surface area contributed by atoms with Gasteiger partial charge in [-0.15, -0.1) is 0 Å². The third-order valence-corrected chi connectivity index (χ3v) is 3.68. The zero-order valence-corrected chi connectivity index (χ0v) is 13.0. The lowest BCUT2D eigenvalue weighted by atomic mass is 10.1. The van der Waals surface area contributed by atoms with Crippen LogP contribution < -0.4 is 5.32 Å². The van der Waals surface area contributed by atoms with Gasteiger partial charge in [-0.2, -0.15) is 5.26 Å². The number of nitriles is 1. The standard InChI is InChI=1S/C17H12BrN3/c1-11-5-6-15(13(7-11)9-19)21-16-4-2-3-12-8-14(18)10-20-17(12)16/h2-8,10,21H,1H3. The molecule has 0 spiro atoms. The van der Waals surface area contributed by atoms with Crippen LogP contribution in [0.1, 0.15) is 11.1 Å². The van der Waals surface area contributed by atoms with E-state index in [4.69, 9.17) is 0 Å². The van der Waals surface area contributed by atoms with E-state index in [0.717, 1.165) is 32.3 Å². The van der Waals surface area contributed by atoms with E-state index in [0.29, 0.717) is 5.56 Å². The number of hydrogen-bond acceptors (Lipinski definition) is 3. The van der Waals surface area contributed by atoms with Gasteiger partial charge in [0.2, 0.25) is 0 Å². The summed E-state index contributed by atoms with van der Waals surface area (Å²) in [5.41, 5.74) is 4.26. The van der Waals surface area contributed by atoms with E-state index in [2.05, 4.69) is 32.3 Å². The zero-order valence-electron chi connectivity index (χ0n) is 11.4. The maximum atomic E-state index is 9.26. The molecular weight excluding hydrogens is 326 g/mol. The largest absolute Gasteiger partial charge is 0.353 e. The van der Waals surface area contributed by atoms with Gasteiger partial charge in [-0.1, -0.05) is 18.2 Å². The van der Waals surface area contributed by atoms with Crippen LogP contribution in [-0.2, 0) is 0 Å². The fourth-order valence-corrected chi connectivity index (χ4v) is 2.59. The second-order valence-electron chi connectivity index (χ2n) is 4.82. The first kappa shape index (κ1) is 13.6. The second-order valence-corrected chi connectivity index (χ2v) is 5.73. The molecule has 0 unspecified atom stereocenters. The molecule has 3 rings (SSSR count). The molecule has 0 fully saturated rings. The molecule has 0 saturated carbocycles. The average molecular weight is 338 g/mol. The van der Waals surface area contributed by atoms with E-state index in [1.54, 1.807) is 6.20 Å². The van der Waals surface area contributed by atoms with Crippen LogP contribution in [0.5, 0.6) is 0 Å². The maximum Gasteiger partial charge on any atom is 0.101 e. The van der Waals surface area contributed by atoms with Crippen LogP contribution in [0.4, 0.5) is 11.4 Å². The van der Waals surface area contributed by atoms with Crippen molar-refractivity contribution in [2.24, 2.45) is 0 Å². The minimum atomic E-state index is 0.629. The number of hydrogen-bond donors (Lipinski definition) is 1. The molecule has 102 valence electrons. The minimum Gasteiger partial charge on any atom is -0.353 e. The van der Waals surface area contributed by atoms with Crippen molar-refractivity contribution < 1.29 is 0 Å². The minimum absolute atomic E-state index is 0.629. The highest BCUT2D eigenvalue weighted by Crippen LogP contribution is 2.28. The molecule has 21 heavy (non-hydrogen) atoms. The maximum absolute atomic E-state index is 9.26. The van der Waals surface area contributed by atoms with Crippen LogP contribution in [0.15, 0.2) is 53.1 Å². The number of benzene rings is 2. The summed E-state index contributed by atoms with van der Waals surface area (Å²) in [6.45, 7) is 1.97. The van der Waals surface area contributed by atoms with E-state index < -0.39 is 0 Å². The molecule has 3 nitrogen and oxygen atoms in total. The van der Waals surface area contributed by atoms with Crippen LogP contribution in [0.25, 0.3) is 10.9 Å². The summed E-state index contributed by atoms with van der Waals surface area (Å²) >= 11 is 3.43. The van der Waals surface area contributed by atoms with Crippen LogP contribution >= 0.6 is 15.9 Å². The van der Waals surface area contributed by atoms with E-state index in [-0.39, 0.29) is 0 Å². The summed E-state index contributed by atoms with van der Waals surface area (Å²) in [7, 11) is 0. The molecule has 3 aromatic rings. The van der Waals surface area contributed by atoms with Crippen LogP contribution in [-0.4, -0.2) is 4.98 Å². The van der Waals surface area contributed by atoms with Crippen molar-refractivity contribution in [3.63, 3.8) is 0 Å². The Hall–Kier alpha value is -2.38. The van der Waals surface area contributed by atoms with Crippen molar-refractivity contribution in [3.05, 3.63) is 64.3 Å². The number of nitrogens with zero attached hydrogens (tertiary/aromatic N) is 2. The smallest absolute Gasteiger partial charge is 0.101 e. The molecular formula is C17H12BrN3. The summed E-state index contributed by atoms with van der Waals surface area (Å²) < 4.78 is 0.945. The van der Waals surface area contributed by atoms with Gasteiger partial charge in [-0.05, 0) is 52.7 Å². The van der Waals surface area contributed by atoms with Gasteiger partial charge in [0.1, 0.15) is 6.07 Å². The summed E-state index contributed by atoms with van der Waals surface area (Å²) in [6, 6.07) is 16.0. The lowest BCUT2D eigenvalue weighted by Gasteiger charge is -2.11. The van der Waals surface area contributed by atoms with Gasteiger partial charge in [0.15, 0.2) is 0 Å². The first-order valence-electron chi connectivity index (χ1n) is 6.49. The topological polar surface area (TPSA) is 48.7 Å². The van der Waals surface area contributed by atoms with Crippen molar-refractivity contribution >= 4 is 38.2 Å². The van der Waals surface area contributed by atoms with Crippen molar-refractivity contribution in [2.45, 2.75) is 6.92 Å². The molecule has 0 aliphatic heterocycles. The Kier molecular flexibility index (Phi) is 3.59. The molecule has 1 N–H and O–H groups in total. The summed E-state index contributed by atoms with van der Waals surface area (Å²) in [4.78, 5) is 4.46. The van der Waals surface area contributed by atoms with Crippen molar-refractivity contribution in [1.29, 1.82) is 5.26 Å². The molecule has 1 aromatic heterocycles. The van der Waals surface area contributed by atoms with Crippen molar-refractivity contribution in [3.8, 4) is 6.07 Å². The number of aryl methyl sites for hydroxylation is 1. The zero-order chi connectivity index (χ0) is 14.8. The first-order valence-corrected chi connectivity index (χ1v) is 7.29. The highest BCUT2D eigenvalue weighted by atomic mass is 79.9. The Morgan fingerprint density at radius 2 is 2.00 bits per heavy atom. The van der Waals surface area contributed by atoms with Gasteiger partial charge in [0.25, 0.3) is 0 Å². The normalized spacial score (nSPS) is 10.3. The Bertz CT molecular complexity index is 866. The van der Waals surface area contributed by atoms with Crippen LogP contribution in [0.2, 0.25) is 0 Å². The third-order valence-electron chi connectivity index (χ3n) is 3.24. The molecule has 2 aromatic carbocycles. The lowest BCUT2D eigenvalue weighted by molar-refractivity contribution is 1.37. The van der Waals surface area contributed by atoms with E-state index in [1.807, 2.05) is 49.4 Å². The number of halogens is 1. The van der Waals surface area contributed by atoms with Crippen molar-refractivity contribution in [2.75, 3.05) is 5.32 Å². The number of para-hydroxylation sites is 1. The summed E-state index contributed by atoms with van der Waals surface area (Å²) in [5, 5.41) is 13.6. The van der Waals surface area contributed by atoms with Crippen LogP contribution in [0, 0.1) is 18.3 Å². The number of fused-ring (bicyclic) bond motifs is 1. The van der Waals surface area contributed by atoms with E-state index in [9.17, 15) is 5.26 Å². The predicted octanol–water partition coefficient (Wildman–Crippen LogP) is 4.92. The Labute approximate surface area is 131 Å². The van der Waals surface area contributed by atoms with Crippen LogP contribution in [0.3, 0.4) is 0 Å². The fraction of sp³-hybridized carbons (Fsp3) is 0.0588. The predicted molar refractivity (Wildman–Crippen MR) is 88.6 cm³/mol. The number of pyridine rings is 1. The first-order chi connectivity index (χ1) is 10.2. The number of anilines is 2. The molecule has 0 amide bonds. The van der Waals surface area contributed by atoms with E-state index >= 15 is 0 Å². The number of nitrogens with one attached hydrogen (secondary N) is 1. The highest BCUT2D eigenvalue weighted by molar-refractivity contribution is 9.10. The van der Waals surface area contributed by atoms with Gasteiger partial charge in [0, 0.05) is 16.1 Å². The number of rotatable bonds is 2. The molecule has 1 heterocycles. The monoisotopic (exact) mass is 337 g/mol. The number of aromatic nitrogens is 1. The molecule has 0 aliphatic rings. The molecule has 4 heteroatoms. The third kappa shape index (κ3) is 2.74. The molecule has 0 atom stereocenters. The lowest BCUT2D eigenvalue weighted by Crippen LogP contribution is -1.96. The van der Waals surface area contributed by atoms with E-state index in [1.165, 1.54) is 0 Å². The Balaban J connectivity index is 2.09. The van der Waals surface area contributed by atoms with Gasteiger partial charge in [-0.3, -0.25) is 4.98 Å². The molecule has 0 saturated heterocycles.